The van der Waals surface area contributed by atoms with Gasteiger partial charge in [-0.25, -0.2) is 0 Å². The zero-order valence-corrected chi connectivity index (χ0v) is 10.7. The molecule has 17 heavy (non-hydrogen) atoms. The third kappa shape index (κ3) is 2.60. The second-order valence-electron chi connectivity index (χ2n) is 5.68. The summed E-state index contributed by atoms with van der Waals surface area (Å²) in [5.41, 5.74) is 6.82. The van der Waals surface area contributed by atoms with Crippen LogP contribution in [0.25, 0.3) is 0 Å². The molecule has 1 aromatic rings. The Labute approximate surface area is 101 Å². The Kier molecular flexibility index (Phi) is 2.85. The summed E-state index contributed by atoms with van der Waals surface area (Å²) >= 11 is 0. The molecule has 3 N–H and O–H groups in total. The number of aryl methyl sites for hydroxylation is 1. The van der Waals surface area contributed by atoms with Crippen LogP contribution in [-0.4, -0.2) is 21.7 Å². The van der Waals surface area contributed by atoms with Crippen molar-refractivity contribution in [1.29, 1.82) is 0 Å². The highest BCUT2D eigenvalue weighted by atomic mass is 16.2. The van der Waals surface area contributed by atoms with Crippen LogP contribution in [0, 0.1) is 5.41 Å². The number of amides is 1. The van der Waals surface area contributed by atoms with Crippen LogP contribution in [0.4, 0.5) is 5.69 Å². The van der Waals surface area contributed by atoms with Gasteiger partial charge in [0.15, 0.2) is 5.69 Å². The van der Waals surface area contributed by atoms with Gasteiger partial charge in [-0.3, -0.25) is 9.48 Å². The van der Waals surface area contributed by atoms with Crippen molar-refractivity contribution in [2.75, 3.05) is 5.73 Å². The molecule has 0 aromatic carbocycles. The van der Waals surface area contributed by atoms with E-state index in [4.69, 9.17) is 5.73 Å². The van der Waals surface area contributed by atoms with Crippen LogP contribution in [0.2, 0.25) is 0 Å². The van der Waals surface area contributed by atoms with Crippen LogP contribution < -0.4 is 11.1 Å². The van der Waals surface area contributed by atoms with Gasteiger partial charge in [0.25, 0.3) is 5.91 Å². The van der Waals surface area contributed by atoms with Crippen molar-refractivity contribution in [3.63, 3.8) is 0 Å². The predicted octanol–water partition coefficient (Wildman–Crippen LogP) is 1.31. The van der Waals surface area contributed by atoms with Crippen molar-refractivity contribution in [1.82, 2.24) is 15.1 Å². The third-order valence-corrected chi connectivity index (χ3v) is 3.38. The summed E-state index contributed by atoms with van der Waals surface area (Å²) in [6, 6.07) is 0.249. The number of nitrogens with one attached hydrogen (secondary N) is 1. The van der Waals surface area contributed by atoms with E-state index in [1.54, 1.807) is 17.9 Å². The Bertz CT molecular complexity index is 436. The van der Waals surface area contributed by atoms with E-state index in [-0.39, 0.29) is 11.9 Å². The van der Waals surface area contributed by atoms with Crippen LogP contribution >= 0.6 is 0 Å². The standard InChI is InChI=1S/C12H20N4O/c1-12(2)5-4-8(6-12)14-11(17)10-9(13)7-16(3)15-10/h7-8H,4-6,13H2,1-3H3,(H,14,17). The molecule has 0 bridgehead atoms. The molecule has 1 heterocycles. The summed E-state index contributed by atoms with van der Waals surface area (Å²) in [6.45, 7) is 4.46. The minimum absolute atomic E-state index is 0.161. The molecule has 0 aliphatic heterocycles. The van der Waals surface area contributed by atoms with Gasteiger partial charge < -0.3 is 11.1 Å². The minimum atomic E-state index is -0.161. The van der Waals surface area contributed by atoms with Gasteiger partial charge in [0.05, 0.1) is 5.69 Å². The number of hydrogen-bond acceptors (Lipinski definition) is 3. The highest BCUT2D eigenvalue weighted by molar-refractivity contribution is 5.97. The fourth-order valence-corrected chi connectivity index (χ4v) is 2.50. The summed E-state index contributed by atoms with van der Waals surface area (Å²) in [7, 11) is 1.76. The van der Waals surface area contributed by atoms with E-state index >= 15 is 0 Å². The average molecular weight is 236 g/mol. The number of anilines is 1. The molecule has 5 nitrogen and oxygen atoms in total. The highest BCUT2D eigenvalue weighted by Gasteiger charge is 2.32. The van der Waals surface area contributed by atoms with Crippen LogP contribution in [0.1, 0.15) is 43.6 Å². The van der Waals surface area contributed by atoms with E-state index in [9.17, 15) is 4.79 Å². The fourth-order valence-electron chi connectivity index (χ4n) is 2.50. The Morgan fingerprint density at radius 2 is 2.35 bits per heavy atom. The van der Waals surface area contributed by atoms with E-state index in [0.717, 1.165) is 19.3 Å². The van der Waals surface area contributed by atoms with Crippen molar-refractivity contribution >= 4 is 11.6 Å². The summed E-state index contributed by atoms with van der Waals surface area (Å²) in [4.78, 5) is 12.0. The second kappa shape index (κ2) is 4.05. The summed E-state index contributed by atoms with van der Waals surface area (Å²) < 4.78 is 1.56. The average Bonchev–Trinajstić information content (AvgIpc) is 2.69. The van der Waals surface area contributed by atoms with Gasteiger partial charge in [0.2, 0.25) is 0 Å². The van der Waals surface area contributed by atoms with Crippen LogP contribution in [-0.2, 0) is 7.05 Å². The summed E-state index contributed by atoms with van der Waals surface area (Å²) in [5.74, 6) is -0.161. The van der Waals surface area contributed by atoms with Crippen molar-refractivity contribution in [2.45, 2.75) is 39.2 Å². The van der Waals surface area contributed by atoms with E-state index < -0.39 is 0 Å². The molecule has 1 atom stereocenters. The first-order valence-electron chi connectivity index (χ1n) is 5.97. The van der Waals surface area contributed by atoms with Gasteiger partial charge >= 0.3 is 0 Å². The number of nitrogen functional groups attached to an aromatic ring is 1. The smallest absolute Gasteiger partial charge is 0.274 e. The predicted molar refractivity (Wildman–Crippen MR) is 66.5 cm³/mol. The number of carbonyl (C=O) groups excluding carboxylic acids is 1. The molecule has 1 unspecified atom stereocenters. The van der Waals surface area contributed by atoms with E-state index in [2.05, 4.69) is 24.3 Å². The molecular weight excluding hydrogens is 216 g/mol. The first kappa shape index (κ1) is 12.0. The zero-order chi connectivity index (χ0) is 12.6. The second-order valence-corrected chi connectivity index (χ2v) is 5.68. The van der Waals surface area contributed by atoms with Crippen molar-refractivity contribution in [3.8, 4) is 0 Å². The maximum absolute atomic E-state index is 12.0. The van der Waals surface area contributed by atoms with Crippen molar-refractivity contribution in [2.24, 2.45) is 12.5 Å². The monoisotopic (exact) mass is 236 g/mol. The normalized spacial score (nSPS) is 22.6. The van der Waals surface area contributed by atoms with E-state index in [1.807, 2.05) is 0 Å². The van der Waals surface area contributed by atoms with Crippen LogP contribution in [0.5, 0.6) is 0 Å². The number of hydrogen-bond donors (Lipinski definition) is 2. The number of nitrogens with zero attached hydrogens (tertiary/aromatic N) is 2. The molecule has 1 aliphatic rings. The maximum Gasteiger partial charge on any atom is 0.274 e. The quantitative estimate of drug-likeness (QED) is 0.813. The molecule has 0 radical (unpaired) electrons. The number of carbonyl (C=O) groups is 1. The van der Waals surface area contributed by atoms with Gasteiger partial charge in [-0.15, -0.1) is 0 Å². The SMILES string of the molecule is Cn1cc(N)c(C(=O)NC2CCC(C)(C)C2)n1. The lowest BCUT2D eigenvalue weighted by Crippen LogP contribution is -2.34. The molecule has 1 amide bonds. The Morgan fingerprint density at radius 3 is 2.82 bits per heavy atom. The number of rotatable bonds is 2. The molecule has 5 heteroatoms. The summed E-state index contributed by atoms with van der Waals surface area (Å²) in [6.07, 6.45) is 4.85. The lowest BCUT2D eigenvalue weighted by atomic mass is 9.92. The van der Waals surface area contributed by atoms with Gasteiger partial charge in [-0.1, -0.05) is 13.8 Å². The largest absolute Gasteiger partial charge is 0.396 e. The lowest BCUT2D eigenvalue weighted by Gasteiger charge is -2.17. The van der Waals surface area contributed by atoms with Gasteiger partial charge in [0.1, 0.15) is 0 Å². The molecule has 0 spiro atoms. The van der Waals surface area contributed by atoms with Crippen molar-refractivity contribution in [3.05, 3.63) is 11.9 Å². The Morgan fingerprint density at radius 1 is 1.65 bits per heavy atom. The van der Waals surface area contributed by atoms with Gasteiger partial charge in [-0.2, -0.15) is 5.10 Å². The van der Waals surface area contributed by atoms with E-state index in [0.29, 0.717) is 16.8 Å². The molecule has 1 aromatic heterocycles. The zero-order valence-electron chi connectivity index (χ0n) is 10.7. The topological polar surface area (TPSA) is 72.9 Å². The van der Waals surface area contributed by atoms with Gasteiger partial charge in [-0.05, 0) is 24.7 Å². The van der Waals surface area contributed by atoms with E-state index in [1.165, 1.54) is 0 Å². The maximum atomic E-state index is 12.0. The first-order valence-corrected chi connectivity index (χ1v) is 5.97. The minimum Gasteiger partial charge on any atom is -0.396 e. The molecule has 2 rings (SSSR count). The molecule has 0 saturated heterocycles. The number of aromatic nitrogens is 2. The van der Waals surface area contributed by atoms with Crippen molar-refractivity contribution < 1.29 is 4.79 Å². The van der Waals surface area contributed by atoms with Gasteiger partial charge in [0, 0.05) is 19.3 Å². The molecule has 94 valence electrons. The first-order chi connectivity index (χ1) is 7.87. The lowest BCUT2D eigenvalue weighted by molar-refractivity contribution is 0.0931. The molecule has 1 fully saturated rings. The Balaban J connectivity index is 2.01. The molecule has 1 saturated carbocycles. The third-order valence-electron chi connectivity index (χ3n) is 3.38. The molecular formula is C12H20N4O. The van der Waals surface area contributed by atoms with Crippen LogP contribution in [0.15, 0.2) is 6.20 Å². The number of nitrogens with two attached hydrogens (primary N) is 1. The summed E-state index contributed by atoms with van der Waals surface area (Å²) in [5, 5.41) is 7.08. The highest BCUT2D eigenvalue weighted by Crippen LogP contribution is 2.36. The van der Waals surface area contributed by atoms with Crippen LogP contribution in [0.3, 0.4) is 0 Å². The fraction of sp³-hybridized carbons (Fsp3) is 0.667. The molecule has 1 aliphatic carbocycles. The Hall–Kier alpha value is -1.52.